The Morgan fingerprint density at radius 2 is 1.96 bits per heavy atom. The molecule has 4 nitrogen and oxygen atoms in total. The van der Waals surface area contributed by atoms with Crippen LogP contribution in [0.2, 0.25) is 0 Å². The monoisotopic (exact) mass is 340 g/mol. The topological polar surface area (TPSA) is 63.6 Å². The molecule has 0 radical (unpaired) electrons. The van der Waals surface area contributed by atoms with Gasteiger partial charge in [-0.3, -0.25) is 9.59 Å². The SMILES string of the molecule is CC(C)(C)OC(=O)C[C@H]1CC=CC(=O)/C1=C(O)\C=C\c1ccccc1. The Hall–Kier alpha value is -2.62. The van der Waals surface area contributed by atoms with Gasteiger partial charge in [0.1, 0.15) is 11.4 Å². The molecule has 0 aromatic heterocycles. The highest BCUT2D eigenvalue weighted by atomic mass is 16.6. The Morgan fingerprint density at radius 1 is 1.28 bits per heavy atom. The number of ketones is 1. The first kappa shape index (κ1) is 18.7. The summed E-state index contributed by atoms with van der Waals surface area (Å²) in [6, 6.07) is 9.49. The number of carbonyl (C=O) groups is 2. The zero-order chi connectivity index (χ0) is 18.4. The van der Waals surface area contributed by atoms with Crippen molar-refractivity contribution in [2.45, 2.75) is 39.2 Å². The molecule has 4 heteroatoms. The third kappa shape index (κ3) is 5.75. The second-order valence-corrected chi connectivity index (χ2v) is 7.03. The van der Waals surface area contributed by atoms with Gasteiger partial charge in [-0.25, -0.2) is 0 Å². The van der Waals surface area contributed by atoms with Gasteiger partial charge in [-0.1, -0.05) is 42.5 Å². The van der Waals surface area contributed by atoms with E-state index in [1.807, 2.05) is 30.3 Å². The molecule has 1 aliphatic rings. The lowest BCUT2D eigenvalue weighted by atomic mass is 9.84. The van der Waals surface area contributed by atoms with E-state index in [-0.39, 0.29) is 35.4 Å². The van der Waals surface area contributed by atoms with Crippen molar-refractivity contribution >= 4 is 17.8 Å². The molecule has 132 valence electrons. The molecule has 1 aromatic rings. The number of allylic oxidation sites excluding steroid dienone is 4. The van der Waals surface area contributed by atoms with E-state index in [0.29, 0.717) is 6.42 Å². The van der Waals surface area contributed by atoms with Gasteiger partial charge >= 0.3 is 5.97 Å². The molecule has 0 aliphatic heterocycles. The second kappa shape index (κ2) is 7.97. The quantitative estimate of drug-likeness (QED) is 0.502. The lowest BCUT2D eigenvalue weighted by molar-refractivity contribution is -0.155. The fourth-order valence-corrected chi connectivity index (χ4v) is 2.68. The van der Waals surface area contributed by atoms with Gasteiger partial charge in [-0.05, 0) is 44.9 Å². The first-order chi connectivity index (χ1) is 11.8. The summed E-state index contributed by atoms with van der Waals surface area (Å²) in [6.07, 6.45) is 6.99. The predicted octanol–water partition coefficient (Wildman–Crippen LogP) is 4.39. The second-order valence-electron chi connectivity index (χ2n) is 7.03. The van der Waals surface area contributed by atoms with Crippen molar-refractivity contribution in [1.82, 2.24) is 0 Å². The van der Waals surface area contributed by atoms with Crippen LogP contribution < -0.4 is 0 Å². The van der Waals surface area contributed by atoms with E-state index in [0.717, 1.165) is 5.56 Å². The molecule has 0 unspecified atom stereocenters. The minimum atomic E-state index is -0.579. The summed E-state index contributed by atoms with van der Waals surface area (Å²) in [7, 11) is 0. The van der Waals surface area contributed by atoms with Crippen LogP contribution >= 0.6 is 0 Å². The fraction of sp³-hybridized carbons (Fsp3) is 0.333. The third-order valence-corrected chi connectivity index (χ3v) is 3.71. The zero-order valence-electron chi connectivity index (χ0n) is 14.9. The normalized spacial score (nSPS) is 20.0. The van der Waals surface area contributed by atoms with Crippen molar-refractivity contribution in [2.75, 3.05) is 0 Å². The molecular formula is C21H24O4. The van der Waals surface area contributed by atoms with Crippen LogP contribution in [0.3, 0.4) is 0 Å². The fourth-order valence-electron chi connectivity index (χ4n) is 2.68. The number of benzene rings is 1. The zero-order valence-corrected chi connectivity index (χ0v) is 14.9. The Balaban J connectivity index is 2.21. The summed E-state index contributed by atoms with van der Waals surface area (Å²) in [5, 5.41) is 10.4. The Bertz CT molecular complexity index is 718. The molecule has 0 fully saturated rings. The van der Waals surface area contributed by atoms with Gasteiger partial charge in [0.2, 0.25) is 0 Å². The molecule has 0 spiro atoms. The summed E-state index contributed by atoms with van der Waals surface area (Å²) >= 11 is 0. The maximum atomic E-state index is 12.2. The van der Waals surface area contributed by atoms with E-state index in [9.17, 15) is 14.7 Å². The molecule has 25 heavy (non-hydrogen) atoms. The minimum Gasteiger partial charge on any atom is -0.508 e. The van der Waals surface area contributed by atoms with Crippen LogP contribution in [-0.2, 0) is 14.3 Å². The molecule has 0 bridgehead atoms. The van der Waals surface area contributed by atoms with Gasteiger partial charge in [-0.2, -0.15) is 0 Å². The summed E-state index contributed by atoms with van der Waals surface area (Å²) in [6.45, 7) is 5.40. The van der Waals surface area contributed by atoms with Crippen molar-refractivity contribution in [3.8, 4) is 0 Å². The van der Waals surface area contributed by atoms with E-state index < -0.39 is 5.60 Å². The van der Waals surface area contributed by atoms with Crippen molar-refractivity contribution in [3.63, 3.8) is 0 Å². The van der Waals surface area contributed by atoms with Crippen molar-refractivity contribution in [1.29, 1.82) is 0 Å². The van der Waals surface area contributed by atoms with E-state index in [4.69, 9.17) is 4.74 Å². The number of rotatable bonds is 4. The molecular weight excluding hydrogens is 316 g/mol. The van der Waals surface area contributed by atoms with Crippen LogP contribution in [0.1, 0.15) is 39.2 Å². The van der Waals surface area contributed by atoms with Crippen molar-refractivity contribution in [3.05, 3.63) is 65.5 Å². The van der Waals surface area contributed by atoms with E-state index in [2.05, 4.69) is 0 Å². The first-order valence-corrected chi connectivity index (χ1v) is 8.35. The average Bonchev–Trinajstić information content (AvgIpc) is 2.52. The summed E-state index contributed by atoms with van der Waals surface area (Å²) in [5.41, 5.74) is 0.600. The lowest BCUT2D eigenvalue weighted by Crippen LogP contribution is -2.27. The molecule has 1 atom stereocenters. The standard InChI is InChI=1S/C21H24O4/c1-21(2,3)25-19(24)14-16-10-7-11-17(22)20(16)18(23)13-12-15-8-5-4-6-9-15/h4-9,11-13,16,23H,10,14H2,1-3H3/b13-12+,20-18+/t16-/m1/s1. The van der Waals surface area contributed by atoms with E-state index >= 15 is 0 Å². The van der Waals surface area contributed by atoms with Crippen LogP contribution in [0.4, 0.5) is 0 Å². The highest BCUT2D eigenvalue weighted by Gasteiger charge is 2.29. The van der Waals surface area contributed by atoms with Gasteiger partial charge in [-0.15, -0.1) is 0 Å². The van der Waals surface area contributed by atoms with Crippen molar-refractivity contribution < 1.29 is 19.4 Å². The lowest BCUT2D eigenvalue weighted by Gasteiger charge is -2.24. The largest absolute Gasteiger partial charge is 0.508 e. The van der Waals surface area contributed by atoms with Crippen LogP contribution in [0.25, 0.3) is 6.08 Å². The van der Waals surface area contributed by atoms with Crippen LogP contribution in [-0.4, -0.2) is 22.5 Å². The van der Waals surface area contributed by atoms with Crippen LogP contribution in [0.5, 0.6) is 0 Å². The Labute approximate surface area is 148 Å². The number of hydrogen-bond acceptors (Lipinski definition) is 4. The Morgan fingerprint density at radius 3 is 2.60 bits per heavy atom. The molecule has 0 saturated carbocycles. The molecule has 0 amide bonds. The number of aliphatic hydroxyl groups is 1. The molecule has 1 N–H and O–H groups in total. The summed E-state index contributed by atoms with van der Waals surface area (Å²) in [5.74, 6) is -1.13. The van der Waals surface area contributed by atoms with E-state index in [1.165, 1.54) is 12.2 Å². The molecule has 0 heterocycles. The maximum Gasteiger partial charge on any atom is 0.306 e. The number of aliphatic hydroxyl groups excluding tert-OH is 1. The minimum absolute atomic E-state index is 0.0614. The number of carbonyl (C=O) groups excluding carboxylic acids is 2. The van der Waals surface area contributed by atoms with Gasteiger partial charge in [0.25, 0.3) is 0 Å². The summed E-state index contributed by atoms with van der Waals surface area (Å²) < 4.78 is 5.34. The first-order valence-electron chi connectivity index (χ1n) is 8.35. The van der Waals surface area contributed by atoms with E-state index in [1.54, 1.807) is 32.9 Å². The smallest absolute Gasteiger partial charge is 0.306 e. The third-order valence-electron chi connectivity index (χ3n) is 3.71. The number of hydrogen-bond donors (Lipinski definition) is 1. The van der Waals surface area contributed by atoms with Gasteiger partial charge in [0.05, 0.1) is 6.42 Å². The predicted molar refractivity (Wildman–Crippen MR) is 97.8 cm³/mol. The molecule has 1 aromatic carbocycles. The molecule has 2 rings (SSSR count). The van der Waals surface area contributed by atoms with Crippen molar-refractivity contribution in [2.24, 2.45) is 5.92 Å². The highest BCUT2D eigenvalue weighted by Crippen LogP contribution is 2.29. The van der Waals surface area contributed by atoms with Gasteiger partial charge < -0.3 is 9.84 Å². The van der Waals surface area contributed by atoms with Crippen LogP contribution in [0.15, 0.2) is 59.9 Å². The van der Waals surface area contributed by atoms with Crippen LogP contribution in [0, 0.1) is 5.92 Å². The Kier molecular flexibility index (Phi) is 5.97. The highest BCUT2D eigenvalue weighted by molar-refractivity contribution is 6.06. The number of ether oxygens (including phenoxy) is 1. The number of esters is 1. The maximum absolute atomic E-state index is 12.2. The van der Waals surface area contributed by atoms with Gasteiger partial charge in [0.15, 0.2) is 5.78 Å². The van der Waals surface area contributed by atoms with Gasteiger partial charge in [0, 0.05) is 11.5 Å². The molecule has 0 saturated heterocycles. The average molecular weight is 340 g/mol. The molecule has 1 aliphatic carbocycles. The summed E-state index contributed by atoms with van der Waals surface area (Å²) in [4.78, 5) is 24.3.